The summed E-state index contributed by atoms with van der Waals surface area (Å²) in [6, 6.07) is -1.18. The highest BCUT2D eigenvalue weighted by Crippen LogP contribution is 2.40. The molecule has 0 aliphatic carbocycles. The van der Waals surface area contributed by atoms with Gasteiger partial charge < -0.3 is 47.7 Å². The van der Waals surface area contributed by atoms with Crippen molar-refractivity contribution in [1.82, 2.24) is 24.3 Å². The molecule has 0 bridgehead atoms. The van der Waals surface area contributed by atoms with Gasteiger partial charge in [-0.1, -0.05) is 5.16 Å². The molecule has 1 saturated heterocycles. The Labute approximate surface area is 257 Å². The van der Waals surface area contributed by atoms with Gasteiger partial charge in [0.1, 0.15) is 11.4 Å². The summed E-state index contributed by atoms with van der Waals surface area (Å²) in [6.45, 7) is 2.54. The fourth-order valence-electron chi connectivity index (χ4n) is 4.12. The number of nitrogens with two attached hydrogens (primary N) is 3. The zero-order valence-electron chi connectivity index (χ0n) is 23.6. The highest BCUT2D eigenvalue weighted by molar-refractivity contribution is 8.00. The van der Waals surface area contributed by atoms with Crippen molar-refractivity contribution in [3.63, 3.8) is 0 Å². The van der Waals surface area contributed by atoms with E-state index in [4.69, 9.17) is 22.0 Å². The Morgan fingerprint density at radius 2 is 2.02 bits per heavy atom. The Hall–Kier alpha value is -4.76. The molecule has 0 unspecified atom stereocenters. The van der Waals surface area contributed by atoms with Crippen LogP contribution in [0.25, 0.3) is 0 Å². The number of amides is 3. The van der Waals surface area contributed by atoms with Crippen molar-refractivity contribution in [1.29, 1.82) is 0 Å². The van der Waals surface area contributed by atoms with Crippen molar-refractivity contribution < 1.29 is 43.7 Å². The topological polar surface area (TPSA) is 290 Å². The number of oxime groups is 1. The molecule has 21 heteroatoms. The Bertz CT molecular complexity index is 1600. The van der Waals surface area contributed by atoms with Gasteiger partial charge in [0, 0.05) is 35.8 Å². The molecular weight excluding hydrogens is 622 g/mol. The van der Waals surface area contributed by atoms with Crippen molar-refractivity contribution in [3.05, 3.63) is 23.3 Å². The highest BCUT2D eigenvalue weighted by atomic mass is 32.2. The van der Waals surface area contributed by atoms with E-state index in [0.717, 1.165) is 16.4 Å². The molecule has 0 aromatic carbocycles. The number of hydrogen-bond acceptors (Lipinski definition) is 15. The number of carbonyl (C=O) groups excluding carboxylic acids is 4. The van der Waals surface area contributed by atoms with E-state index in [9.17, 15) is 34.2 Å². The second-order valence-electron chi connectivity index (χ2n) is 10.0. The predicted molar refractivity (Wildman–Crippen MR) is 153 cm³/mol. The maximum absolute atomic E-state index is 13.2. The molecular formula is C23H29N11O8S2. The number of anilines is 3. The smallest absolute Gasteiger partial charge is 0.350 e. The Morgan fingerprint density at radius 1 is 1.32 bits per heavy atom. The van der Waals surface area contributed by atoms with Gasteiger partial charge in [-0.15, -0.1) is 21.1 Å². The maximum atomic E-state index is 13.2. The van der Waals surface area contributed by atoms with E-state index in [2.05, 4.69) is 25.1 Å². The van der Waals surface area contributed by atoms with Crippen LogP contribution in [-0.4, -0.2) is 88.7 Å². The van der Waals surface area contributed by atoms with Crippen LogP contribution >= 0.6 is 23.3 Å². The molecule has 0 spiro atoms. The average Bonchev–Trinajstić information content (AvgIpc) is 3.49. The molecule has 4 rings (SSSR count). The van der Waals surface area contributed by atoms with Crippen molar-refractivity contribution in [2.75, 3.05) is 29.1 Å². The van der Waals surface area contributed by atoms with Crippen LogP contribution in [-0.2, 0) is 42.4 Å². The van der Waals surface area contributed by atoms with Crippen LogP contribution in [0, 0.1) is 0 Å². The molecule has 19 nitrogen and oxygen atoms in total. The molecule has 4 heterocycles. The van der Waals surface area contributed by atoms with Crippen molar-refractivity contribution in [3.8, 4) is 0 Å². The third-order valence-corrected chi connectivity index (χ3v) is 8.44. The van der Waals surface area contributed by atoms with Gasteiger partial charge in [-0.3, -0.25) is 19.3 Å². The van der Waals surface area contributed by atoms with Gasteiger partial charge in [0.2, 0.25) is 29.2 Å². The van der Waals surface area contributed by atoms with Gasteiger partial charge in [0.05, 0.1) is 18.7 Å². The molecule has 0 radical (unpaired) electrons. The second-order valence-corrected chi connectivity index (χ2v) is 11.9. The molecule has 2 aliphatic rings. The Kier molecular flexibility index (Phi) is 9.11. The zero-order valence-corrected chi connectivity index (χ0v) is 25.2. The minimum atomic E-state index is -1.82. The van der Waals surface area contributed by atoms with E-state index >= 15 is 0 Å². The number of hydrogen-bond donors (Lipinski definition) is 6. The molecule has 44 heavy (non-hydrogen) atoms. The van der Waals surface area contributed by atoms with E-state index in [1.54, 1.807) is 11.7 Å². The number of aromatic nitrogens is 4. The van der Waals surface area contributed by atoms with Crippen molar-refractivity contribution in [2.45, 2.75) is 43.8 Å². The minimum Gasteiger partial charge on any atom is -0.543 e. The Balaban J connectivity index is 1.55. The lowest BCUT2D eigenvalue weighted by atomic mass is 10.0. The van der Waals surface area contributed by atoms with E-state index < -0.39 is 46.5 Å². The number of carboxylic acids is 2. The standard InChI is InChI=1S/C23H29N11O8S2/c1-23(2,21(40)41)42-30-12(16-29-22(26)44-31-16)17(36)28-13-18(37)34-14(20(38)39)9(8-43-19(13)34)6-33-7-10(15(25)32(33)3)27-11(35)4-5-24/h7,13,19,25H,4-6,8,24H2,1-3H3,(H6,26,27,28,29,31,35,36,38,39,40,41)/b30-12-/t13-,19-/m1/s1. The number of carboxylic acid groups (broad SMARTS) is 2. The molecule has 2 atom stereocenters. The number of nitrogen functional groups attached to an aromatic ring is 2. The fourth-order valence-corrected chi connectivity index (χ4v) is 5.89. The summed E-state index contributed by atoms with van der Waals surface area (Å²) >= 11 is 1.94. The normalized spacial score (nSPS) is 18.4. The fraction of sp³-hybridized carbons (Fsp3) is 0.435. The summed E-state index contributed by atoms with van der Waals surface area (Å²) in [4.78, 5) is 72.0. The summed E-state index contributed by atoms with van der Waals surface area (Å²) < 4.78 is 6.97. The van der Waals surface area contributed by atoms with Crippen LogP contribution in [0.15, 0.2) is 22.6 Å². The van der Waals surface area contributed by atoms with E-state index in [-0.39, 0.29) is 53.6 Å². The summed E-state index contributed by atoms with van der Waals surface area (Å²) in [5, 5.41) is 29.5. The van der Waals surface area contributed by atoms with Gasteiger partial charge in [-0.25, -0.2) is 4.79 Å². The minimum absolute atomic E-state index is 0.00842. The highest BCUT2D eigenvalue weighted by Gasteiger charge is 2.53. The first-order valence-electron chi connectivity index (χ1n) is 12.8. The lowest BCUT2D eigenvalue weighted by Gasteiger charge is -2.50. The Morgan fingerprint density at radius 3 is 2.61 bits per heavy atom. The lowest BCUT2D eigenvalue weighted by Crippen LogP contribution is -2.71. The van der Waals surface area contributed by atoms with Gasteiger partial charge in [-0.2, -0.15) is 9.36 Å². The van der Waals surface area contributed by atoms with E-state index in [1.807, 2.05) is 0 Å². The number of aliphatic carboxylic acids is 2. The van der Waals surface area contributed by atoms with Gasteiger partial charge in [-0.05, 0) is 13.8 Å². The van der Waals surface area contributed by atoms with Gasteiger partial charge >= 0.3 is 5.97 Å². The van der Waals surface area contributed by atoms with Crippen LogP contribution in [0.1, 0.15) is 26.1 Å². The second kappa shape index (κ2) is 12.5. The molecule has 236 valence electrons. The first kappa shape index (κ1) is 32.2. The molecule has 0 saturated carbocycles. The molecule has 2 aromatic heterocycles. The lowest BCUT2D eigenvalue weighted by molar-refractivity contribution is -0.765. The number of thioether (sulfide) groups is 1. The van der Waals surface area contributed by atoms with Crippen molar-refractivity contribution in [2.24, 2.45) is 17.9 Å². The number of nitrogens with one attached hydrogen (secondary N) is 2. The SMILES string of the molecule is Cn1c(N)c(NC(=O)CCN)c[n+]1CC1=C(C(=O)[O-])N2C(=O)[C@@H](NC(=O)/C(=N\OC(C)(C)C(=O)O)c3nsc(N)n3)[C@H]2SC1. The summed E-state index contributed by atoms with van der Waals surface area (Å²) in [7, 11) is 1.61. The summed E-state index contributed by atoms with van der Waals surface area (Å²) in [5.74, 6) is -4.95. The van der Waals surface area contributed by atoms with Crippen LogP contribution in [0.5, 0.6) is 0 Å². The first-order valence-corrected chi connectivity index (χ1v) is 14.6. The van der Waals surface area contributed by atoms with Crippen LogP contribution in [0.2, 0.25) is 0 Å². The van der Waals surface area contributed by atoms with E-state index in [0.29, 0.717) is 11.3 Å². The third kappa shape index (κ3) is 6.28. The maximum Gasteiger partial charge on any atom is 0.350 e. The molecule has 2 aromatic rings. The summed E-state index contributed by atoms with van der Waals surface area (Å²) in [5.41, 5.74) is 15.0. The number of nitrogens with zero attached hydrogens (tertiary/aromatic N) is 6. The average molecular weight is 652 g/mol. The number of carbonyl (C=O) groups is 5. The zero-order chi connectivity index (χ0) is 32.5. The summed E-state index contributed by atoms with van der Waals surface area (Å²) in [6.07, 6.45) is 1.60. The monoisotopic (exact) mass is 651 g/mol. The first-order chi connectivity index (χ1) is 20.7. The van der Waals surface area contributed by atoms with Crippen molar-refractivity contribution >= 4 is 75.3 Å². The van der Waals surface area contributed by atoms with Crippen LogP contribution < -0.4 is 37.6 Å². The number of β-lactam (4-membered cyclic amide) rings is 1. The predicted octanol–water partition coefficient (Wildman–Crippen LogP) is -3.70. The molecule has 2 aliphatic heterocycles. The number of fused-ring (bicyclic) bond motifs is 1. The van der Waals surface area contributed by atoms with Gasteiger partial charge in [0.15, 0.2) is 23.2 Å². The molecule has 9 N–H and O–H groups in total. The van der Waals surface area contributed by atoms with E-state index in [1.165, 1.54) is 36.5 Å². The molecule has 1 fully saturated rings. The quantitative estimate of drug-likeness (QED) is 0.0557. The van der Waals surface area contributed by atoms with Crippen LogP contribution in [0.4, 0.5) is 16.6 Å². The van der Waals surface area contributed by atoms with Gasteiger partial charge in [0.25, 0.3) is 11.8 Å². The largest absolute Gasteiger partial charge is 0.543 e. The number of rotatable bonds is 12. The van der Waals surface area contributed by atoms with Crippen LogP contribution in [0.3, 0.4) is 0 Å². The third-order valence-electron chi connectivity index (χ3n) is 6.56. The molecule has 3 amide bonds.